The first-order valence-corrected chi connectivity index (χ1v) is 7.29. The van der Waals surface area contributed by atoms with Gasteiger partial charge in [-0.3, -0.25) is 4.79 Å². The van der Waals surface area contributed by atoms with Gasteiger partial charge in [0, 0.05) is 17.7 Å². The molecule has 0 saturated carbocycles. The molecular weight excluding hydrogens is 353 g/mol. The van der Waals surface area contributed by atoms with Crippen LogP contribution in [0.15, 0.2) is 40.9 Å². The van der Waals surface area contributed by atoms with E-state index in [0.717, 1.165) is 0 Å². The van der Waals surface area contributed by atoms with Crippen molar-refractivity contribution in [2.75, 3.05) is 14.2 Å². The van der Waals surface area contributed by atoms with E-state index in [4.69, 9.17) is 9.47 Å². The van der Waals surface area contributed by atoms with Gasteiger partial charge in [-0.25, -0.2) is 4.39 Å². The topological polar surface area (TPSA) is 47.6 Å². The van der Waals surface area contributed by atoms with E-state index >= 15 is 0 Å². The number of nitrogens with one attached hydrogen (secondary N) is 1. The third-order valence-corrected chi connectivity index (χ3v) is 3.89. The van der Waals surface area contributed by atoms with E-state index in [9.17, 15) is 9.18 Å². The molecule has 0 aliphatic heterocycles. The van der Waals surface area contributed by atoms with Crippen LogP contribution in [0.4, 0.5) is 4.39 Å². The van der Waals surface area contributed by atoms with Crippen LogP contribution in [-0.4, -0.2) is 20.1 Å². The molecule has 4 nitrogen and oxygen atoms in total. The molecular formula is C16H15BrFNO3. The standard InChI is InChI=1S/C16H15BrFNO3/c1-21-13-7-11(8-14(22-2)15(13)17)16(20)19-9-10-5-3-4-6-12(10)18/h3-8H,9H2,1-2H3,(H,19,20). The summed E-state index contributed by atoms with van der Waals surface area (Å²) >= 11 is 3.34. The molecule has 0 spiro atoms. The van der Waals surface area contributed by atoms with Crippen molar-refractivity contribution >= 4 is 21.8 Å². The Kier molecular flexibility index (Phi) is 5.38. The highest BCUT2D eigenvalue weighted by molar-refractivity contribution is 9.10. The first kappa shape index (κ1) is 16.3. The second-order valence-electron chi connectivity index (χ2n) is 4.47. The summed E-state index contributed by atoms with van der Waals surface area (Å²) in [4.78, 5) is 12.2. The summed E-state index contributed by atoms with van der Waals surface area (Å²) in [7, 11) is 3.00. The van der Waals surface area contributed by atoms with E-state index < -0.39 is 0 Å². The van der Waals surface area contributed by atoms with Crippen LogP contribution in [0.1, 0.15) is 15.9 Å². The van der Waals surface area contributed by atoms with Crippen molar-refractivity contribution in [3.8, 4) is 11.5 Å². The van der Waals surface area contributed by atoms with E-state index in [-0.39, 0.29) is 18.3 Å². The fourth-order valence-corrected chi connectivity index (χ4v) is 2.47. The minimum Gasteiger partial charge on any atom is -0.495 e. The number of benzene rings is 2. The fourth-order valence-electron chi connectivity index (χ4n) is 1.92. The summed E-state index contributed by atoms with van der Waals surface area (Å²) in [6.07, 6.45) is 0. The molecule has 0 aliphatic rings. The monoisotopic (exact) mass is 367 g/mol. The van der Waals surface area contributed by atoms with E-state index in [1.54, 1.807) is 30.3 Å². The molecule has 0 atom stereocenters. The second kappa shape index (κ2) is 7.26. The maximum absolute atomic E-state index is 13.5. The lowest BCUT2D eigenvalue weighted by Gasteiger charge is -2.12. The molecule has 1 amide bonds. The Labute approximate surface area is 136 Å². The molecule has 2 rings (SSSR count). The van der Waals surface area contributed by atoms with E-state index in [2.05, 4.69) is 21.2 Å². The number of carbonyl (C=O) groups is 1. The Hall–Kier alpha value is -2.08. The Morgan fingerprint density at radius 3 is 2.32 bits per heavy atom. The van der Waals surface area contributed by atoms with Crippen LogP contribution in [0.25, 0.3) is 0 Å². The van der Waals surface area contributed by atoms with Gasteiger partial charge in [0.05, 0.1) is 14.2 Å². The van der Waals surface area contributed by atoms with Gasteiger partial charge in [-0.05, 0) is 34.1 Å². The van der Waals surface area contributed by atoms with Gasteiger partial charge in [0.15, 0.2) is 0 Å². The predicted octanol–water partition coefficient (Wildman–Crippen LogP) is 3.54. The van der Waals surface area contributed by atoms with Crippen molar-refractivity contribution in [1.82, 2.24) is 5.32 Å². The molecule has 1 N–H and O–H groups in total. The molecule has 0 bridgehead atoms. The van der Waals surface area contributed by atoms with Gasteiger partial charge in [0.25, 0.3) is 5.91 Å². The van der Waals surface area contributed by atoms with Gasteiger partial charge in [-0.2, -0.15) is 0 Å². The predicted molar refractivity (Wildman–Crippen MR) is 84.8 cm³/mol. The summed E-state index contributed by atoms with van der Waals surface area (Å²) in [6.45, 7) is 0.103. The molecule has 0 aromatic heterocycles. The van der Waals surface area contributed by atoms with Crippen LogP contribution in [-0.2, 0) is 6.54 Å². The van der Waals surface area contributed by atoms with Crippen molar-refractivity contribution < 1.29 is 18.7 Å². The van der Waals surface area contributed by atoms with Crippen molar-refractivity contribution in [1.29, 1.82) is 0 Å². The summed E-state index contributed by atoms with van der Waals surface area (Å²) < 4.78 is 24.5. The largest absolute Gasteiger partial charge is 0.495 e. The highest BCUT2D eigenvalue weighted by Gasteiger charge is 2.14. The molecule has 0 unspecified atom stereocenters. The first-order chi connectivity index (χ1) is 10.6. The highest BCUT2D eigenvalue weighted by atomic mass is 79.9. The van der Waals surface area contributed by atoms with Crippen LogP contribution >= 0.6 is 15.9 Å². The van der Waals surface area contributed by atoms with Gasteiger partial charge < -0.3 is 14.8 Å². The molecule has 2 aromatic carbocycles. The lowest BCUT2D eigenvalue weighted by Crippen LogP contribution is -2.23. The highest BCUT2D eigenvalue weighted by Crippen LogP contribution is 2.35. The molecule has 0 heterocycles. The van der Waals surface area contributed by atoms with Crippen LogP contribution in [0.2, 0.25) is 0 Å². The van der Waals surface area contributed by atoms with Crippen LogP contribution in [0, 0.1) is 5.82 Å². The summed E-state index contributed by atoms with van der Waals surface area (Å²) in [6, 6.07) is 9.47. The van der Waals surface area contributed by atoms with Crippen molar-refractivity contribution in [3.63, 3.8) is 0 Å². The maximum atomic E-state index is 13.5. The summed E-state index contributed by atoms with van der Waals surface area (Å²) in [5.41, 5.74) is 0.792. The Bertz CT molecular complexity index is 666. The van der Waals surface area contributed by atoms with Crippen LogP contribution in [0.5, 0.6) is 11.5 Å². The molecule has 0 saturated heterocycles. The van der Waals surface area contributed by atoms with Gasteiger partial charge >= 0.3 is 0 Å². The van der Waals surface area contributed by atoms with Crippen LogP contribution in [0.3, 0.4) is 0 Å². The quantitative estimate of drug-likeness (QED) is 0.879. The SMILES string of the molecule is COc1cc(C(=O)NCc2ccccc2F)cc(OC)c1Br. The Morgan fingerprint density at radius 1 is 1.18 bits per heavy atom. The third-order valence-electron chi connectivity index (χ3n) is 3.11. The van der Waals surface area contributed by atoms with E-state index in [0.29, 0.717) is 27.1 Å². The van der Waals surface area contributed by atoms with Crippen molar-refractivity contribution in [3.05, 3.63) is 57.8 Å². The molecule has 0 fully saturated rings. The van der Waals surface area contributed by atoms with Gasteiger partial charge in [-0.1, -0.05) is 18.2 Å². The first-order valence-electron chi connectivity index (χ1n) is 6.50. The summed E-state index contributed by atoms with van der Waals surface area (Å²) in [5.74, 6) is 0.270. The van der Waals surface area contributed by atoms with Gasteiger partial charge in [0.1, 0.15) is 21.8 Å². The molecule has 6 heteroatoms. The fraction of sp³-hybridized carbons (Fsp3) is 0.188. The van der Waals surface area contributed by atoms with Gasteiger partial charge in [-0.15, -0.1) is 0 Å². The number of ether oxygens (including phenoxy) is 2. The average Bonchev–Trinajstić information content (AvgIpc) is 2.54. The zero-order valence-corrected chi connectivity index (χ0v) is 13.7. The zero-order valence-electron chi connectivity index (χ0n) is 12.2. The number of methoxy groups -OCH3 is 2. The normalized spacial score (nSPS) is 10.2. The molecule has 0 aliphatic carbocycles. The zero-order chi connectivity index (χ0) is 16.1. The number of halogens is 2. The Balaban J connectivity index is 2.18. The van der Waals surface area contributed by atoms with Crippen molar-refractivity contribution in [2.24, 2.45) is 0 Å². The lowest BCUT2D eigenvalue weighted by atomic mass is 10.1. The average molecular weight is 368 g/mol. The minimum absolute atomic E-state index is 0.103. The molecule has 116 valence electrons. The number of rotatable bonds is 5. The lowest BCUT2D eigenvalue weighted by molar-refractivity contribution is 0.0950. The third kappa shape index (κ3) is 3.57. The van der Waals surface area contributed by atoms with E-state index in [1.807, 2.05) is 0 Å². The minimum atomic E-state index is -0.353. The second-order valence-corrected chi connectivity index (χ2v) is 5.26. The van der Waals surface area contributed by atoms with E-state index in [1.165, 1.54) is 20.3 Å². The van der Waals surface area contributed by atoms with Crippen LogP contribution < -0.4 is 14.8 Å². The molecule has 2 aromatic rings. The molecule has 22 heavy (non-hydrogen) atoms. The number of hydrogen-bond donors (Lipinski definition) is 1. The number of carbonyl (C=O) groups excluding carboxylic acids is 1. The number of hydrogen-bond acceptors (Lipinski definition) is 3. The van der Waals surface area contributed by atoms with Crippen molar-refractivity contribution in [2.45, 2.75) is 6.54 Å². The Morgan fingerprint density at radius 2 is 1.77 bits per heavy atom. The number of amides is 1. The molecule has 0 radical (unpaired) electrons. The smallest absolute Gasteiger partial charge is 0.251 e. The summed E-state index contributed by atoms with van der Waals surface area (Å²) in [5, 5.41) is 2.67. The maximum Gasteiger partial charge on any atom is 0.251 e. The van der Waals surface area contributed by atoms with Gasteiger partial charge in [0.2, 0.25) is 0 Å².